The molecule has 0 aliphatic rings. The van der Waals surface area contributed by atoms with Gasteiger partial charge in [-0.25, -0.2) is 0 Å². The smallest absolute Gasteiger partial charge is 0.366 e. The molecule has 0 aliphatic carbocycles. The van der Waals surface area contributed by atoms with Crippen LogP contribution in [0.1, 0.15) is 26.4 Å². The molecule has 1 aromatic carbocycles. The minimum Gasteiger partial charge on any atom is -0.366 e. The second-order valence-electron chi connectivity index (χ2n) is 4.47. The van der Waals surface area contributed by atoms with Gasteiger partial charge in [-0.1, -0.05) is 18.2 Å². The third-order valence-electron chi connectivity index (χ3n) is 2.82. The largest absolute Gasteiger partial charge is 0.416 e. The number of carbonyl (C=O) groups excluding carboxylic acids is 1. The summed E-state index contributed by atoms with van der Waals surface area (Å²) in [6.07, 6.45) is -4.33. The number of nitrogens with one attached hydrogen (secondary N) is 1. The first-order valence-electron chi connectivity index (χ1n) is 6.10. The maximum atomic E-state index is 12.6. The number of benzene rings is 1. The Morgan fingerprint density at radius 3 is 2.62 bits per heavy atom. The monoisotopic (exact) mass is 314 g/mol. The van der Waals surface area contributed by atoms with Gasteiger partial charge in [-0.3, -0.25) is 4.79 Å². The summed E-state index contributed by atoms with van der Waals surface area (Å²) in [5.41, 5.74) is 5.48. The molecule has 0 unspecified atom stereocenters. The lowest BCUT2D eigenvalue weighted by atomic mass is 10.1. The zero-order chi connectivity index (χ0) is 15.5. The number of nitrogens with two attached hydrogens (primary N) is 1. The van der Waals surface area contributed by atoms with E-state index in [1.165, 1.54) is 17.4 Å². The van der Waals surface area contributed by atoms with Crippen molar-refractivity contribution >= 4 is 17.2 Å². The van der Waals surface area contributed by atoms with Gasteiger partial charge in [-0.05, 0) is 17.7 Å². The summed E-state index contributed by atoms with van der Waals surface area (Å²) < 4.78 is 37.7. The topological polar surface area (TPSA) is 55.1 Å². The molecule has 0 fully saturated rings. The minimum atomic E-state index is -4.33. The van der Waals surface area contributed by atoms with Crippen molar-refractivity contribution in [2.45, 2.75) is 19.3 Å². The number of carbonyl (C=O) groups is 1. The Hall–Kier alpha value is -1.86. The lowest BCUT2D eigenvalue weighted by Gasteiger charge is -2.09. The molecule has 2 aromatic rings. The van der Waals surface area contributed by atoms with Gasteiger partial charge in [0.25, 0.3) is 0 Å². The van der Waals surface area contributed by atoms with Gasteiger partial charge in [0.15, 0.2) is 0 Å². The lowest BCUT2D eigenvalue weighted by molar-refractivity contribution is -0.137. The molecular formula is C14H13F3N2OS. The number of amides is 1. The molecule has 1 amide bonds. The number of rotatable bonds is 5. The van der Waals surface area contributed by atoms with E-state index < -0.39 is 17.6 Å². The fourth-order valence-corrected chi connectivity index (χ4v) is 2.63. The third kappa shape index (κ3) is 4.30. The molecule has 3 nitrogen and oxygen atoms in total. The molecule has 2 rings (SSSR count). The van der Waals surface area contributed by atoms with Gasteiger partial charge in [0.05, 0.1) is 11.1 Å². The zero-order valence-electron chi connectivity index (χ0n) is 10.9. The molecule has 0 bridgehead atoms. The first kappa shape index (κ1) is 15.5. The van der Waals surface area contributed by atoms with Crippen LogP contribution in [0.25, 0.3) is 0 Å². The number of hydrogen-bond donors (Lipinski definition) is 2. The van der Waals surface area contributed by atoms with E-state index in [4.69, 9.17) is 5.73 Å². The Kier molecular flexibility index (Phi) is 4.64. The number of thiophene rings is 1. The number of halogens is 3. The van der Waals surface area contributed by atoms with E-state index in [2.05, 4.69) is 5.32 Å². The van der Waals surface area contributed by atoms with Gasteiger partial charge in [-0.2, -0.15) is 13.2 Å². The molecule has 7 heteroatoms. The Labute approximate surface area is 123 Å². The molecule has 0 aliphatic heterocycles. The van der Waals surface area contributed by atoms with Crippen molar-refractivity contribution in [3.63, 3.8) is 0 Å². The molecule has 0 spiro atoms. The molecule has 0 atom stereocenters. The van der Waals surface area contributed by atoms with Crippen LogP contribution in [0.5, 0.6) is 0 Å². The lowest BCUT2D eigenvalue weighted by Crippen LogP contribution is -2.13. The maximum absolute atomic E-state index is 12.6. The van der Waals surface area contributed by atoms with Crippen molar-refractivity contribution in [2.24, 2.45) is 5.73 Å². The minimum absolute atomic E-state index is 0.313. The Morgan fingerprint density at radius 1 is 1.24 bits per heavy atom. The van der Waals surface area contributed by atoms with Crippen molar-refractivity contribution in [1.82, 2.24) is 5.32 Å². The van der Waals surface area contributed by atoms with E-state index in [9.17, 15) is 18.0 Å². The highest BCUT2D eigenvalue weighted by Gasteiger charge is 2.30. The average Bonchev–Trinajstić information content (AvgIpc) is 2.87. The highest BCUT2D eigenvalue weighted by molar-refractivity contribution is 7.10. The Balaban J connectivity index is 1.92. The van der Waals surface area contributed by atoms with E-state index in [0.29, 0.717) is 24.2 Å². The normalized spacial score (nSPS) is 11.6. The quantitative estimate of drug-likeness (QED) is 0.891. The number of alkyl halides is 3. The van der Waals surface area contributed by atoms with Crippen LogP contribution in [0.3, 0.4) is 0 Å². The Morgan fingerprint density at radius 2 is 2.00 bits per heavy atom. The summed E-state index contributed by atoms with van der Waals surface area (Å²) in [6.45, 7) is 0.780. The van der Waals surface area contributed by atoms with Crippen molar-refractivity contribution in [2.75, 3.05) is 0 Å². The van der Waals surface area contributed by atoms with Crippen molar-refractivity contribution in [3.8, 4) is 0 Å². The fraction of sp³-hybridized carbons (Fsp3) is 0.214. The van der Waals surface area contributed by atoms with Gasteiger partial charge in [-0.15, -0.1) is 11.3 Å². The molecule has 1 aromatic heterocycles. The molecule has 0 radical (unpaired) electrons. The van der Waals surface area contributed by atoms with E-state index in [1.54, 1.807) is 17.5 Å². The molecule has 0 saturated heterocycles. The van der Waals surface area contributed by atoms with Gasteiger partial charge in [0, 0.05) is 23.3 Å². The summed E-state index contributed by atoms with van der Waals surface area (Å²) in [5.74, 6) is -0.490. The molecular weight excluding hydrogens is 301 g/mol. The van der Waals surface area contributed by atoms with Crippen LogP contribution < -0.4 is 11.1 Å². The zero-order valence-corrected chi connectivity index (χ0v) is 11.7. The summed E-state index contributed by atoms with van der Waals surface area (Å²) in [6, 6.07) is 6.85. The molecule has 0 saturated carbocycles. The number of primary amides is 1. The maximum Gasteiger partial charge on any atom is 0.416 e. The van der Waals surface area contributed by atoms with Crippen molar-refractivity contribution in [1.29, 1.82) is 0 Å². The van der Waals surface area contributed by atoms with Crippen LogP contribution in [0.15, 0.2) is 35.7 Å². The second-order valence-corrected chi connectivity index (χ2v) is 5.46. The predicted molar refractivity (Wildman–Crippen MR) is 74.8 cm³/mol. The second kappa shape index (κ2) is 6.28. The van der Waals surface area contributed by atoms with E-state index in [1.807, 2.05) is 0 Å². The van der Waals surface area contributed by atoms with Crippen LogP contribution in [-0.2, 0) is 19.3 Å². The van der Waals surface area contributed by atoms with Crippen molar-refractivity contribution in [3.05, 3.63) is 57.3 Å². The third-order valence-corrected chi connectivity index (χ3v) is 3.76. The molecule has 21 heavy (non-hydrogen) atoms. The first-order chi connectivity index (χ1) is 9.86. The summed E-state index contributed by atoms with van der Waals surface area (Å²) >= 11 is 1.38. The van der Waals surface area contributed by atoms with Crippen LogP contribution in [0.4, 0.5) is 13.2 Å². The van der Waals surface area contributed by atoms with Gasteiger partial charge >= 0.3 is 6.18 Å². The molecule has 112 valence electrons. The SMILES string of the molecule is NC(=O)c1csc(CNCc2cccc(C(F)(F)F)c2)c1. The van der Waals surface area contributed by atoms with Crippen molar-refractivity contribution < 1.29 is 18.0 Å². The van der Waals surface area contributed by atoms with E-state index in [-0.39, 0.29) is 0 Å². The predicted octanol–water partition coefficient (Wildman–Crippen LogP) is 3.16. The molecule has 3 N–H and O–H groups in total. The van der Waals surface area contributed by atoms with Gasteiger partial charge < -0.3 is 11.1 Å². The van der Waals surface area contributed by atoms with Crippen LogP contribution in [0.2, 0.25) is 0 Å². The highest BCUT2D eigenvalue weighted by atomic mass is 32.1. The number of hydrogen-bond acceptors (Lipinski definition) is 3. The van der Waals surface area contributed by atoms with Gasteiger partial charge in [0.2, 0.25) is 5.91 Å². The van der Waals surface area contributed by atoms with Crippen LogP contribution in [0, 0.1) is 0 Å². The first-order valence-corrected chi connectivity index (χ1v) is 6.98. The van der Waals surface area contributed by atoms with Crippen LogP contribution >= 0.6 is 11.3 Å². The van der Waals surface area contributed by atoms with E-state index >= 15 is 0 Å². The highest BCUT2D eigenvalue weighted by Crippen LogP contribution is 2.29. The van der Waals surface area contributed by atoms with E-state index in [0.717, 1.165) is 17.0 Å². The summed E-state index contributed by atoms with van der Waals surface area (Å²) in [7, 11) is 0. The Bertz CT molecular complexity index is 637. The summed E-state index contributed by atoms with van der Waals surface area (Å²) in [5, 5.41) is 4.70. The standard InChI is InChI=1S/C14H13F3N2OS/c15-14(16,17)11-3-1-2-9(4-11)6-19-7-12-5-10(8-21-12)13(18)20/h1-5,8,19H,6-7H2,(H2,18,20). The molecule has 1 heterocycles. The fourth-order valence-electron chi connectivity index (χ4n) is 1.79. The summed E-state index contributed by atoms with van der Waals surface area (Å²) in [4.78, 5) is 11.8. The average molecular weight is 314 g/mol. The van der Waals surface area contributed by atoms with Gasteiger partial charge in [0.1, 0.15) is 0 Å². The van der Waals surface area contributed by atoms with Crippen LogP contribution in [-0.4, -0.2) is 5.91 Å².